The van der Waals surface area contributed by atoms with Gasteiger partial charge in [-0.25, -0.2) is 9.97 Å². The van der Waals surface area contributed by atoms with Crippen LogP contribution in [0.3, 0.4) is 0 Å². The normalized spacial score (nSPS) is 17.3. The van der Waals surface area contributed by atoms with Gasteiger partial charge in [-0.05, 0) is 30.2 Å². The van der Waals surface area contributed by atoms with Gasteiger partial charge in [0.1, 0.15) is 5.82 Å². The Balaban J connectivity index is 1.79. The van der Waals surface area contributed by atoms with Gasteiger partial charge >= 0.3 is 6.18 Å². The first-order valence-corrected chi connectivity index (χ1v) is 8.83. The highest BCUT2D eigenvalue weighted by Gasteiger charge is 2.36. The molecule has 128 valence electrons. The quantitative estimate of drug-likeness (QED) is 0.672. The van der Waals surface area contributed by atoms with Gasteiger partial charge in [-0.15, -0.1) is 11.8 Å². The molecule has 0 radical (unpaired) electrons. The van der Waals surface area contributed by atoms with Gasteiger partial charge in [0.15, 0.2) is 0 Å². The van der Waals surface area contributed by atoms with Crippen LogP contribution in [0.1, 0.15) is 23.9 Å². The highest BCUT2D eigenvalue weighted by molar-refractivity contribution is 7.99. The summed E-state index contributed by atoms with van der Waals surface area (Å²) < 4.78 is 39.5. The van der Waals surface area contributed by atoms with E-state index in [0.717, 1.165) is 22.6 Å². The van der Waals surface area contributed by atoms with E-state index in [1.165, 1.54) is 0 Å². The van der Waals surface area contributed by atoms with Crippen molar-refractivity contribution >= 4 is 28.5 Å². The summed E-state index contributed by atoms with van der Waals surface area (Å²) >= 11 is 1.76. The lowest BCUT2D eigenvalue weighted by molar-refractivity contribution is -0.144. The standard InChI is InChI=1S/C18H14F3N3S/c19-18(20,21)17-23-13-7-3-1-6-12(13)16(24-17)22-14-9-10-25-15-8-4-2-5-11(14)15/h1-8,14H,9-10H2,(H,22,23,24)/t14-/m0/s1. The second-order valence-electron chi connectivity index (χ2n) is 5.78. The highest BCUT2D eigenvalue weighted by atomic mass is 32.2. The van der Waals surface area contributed by atoms with Gasteiger partial charge in [0.25, 0.3) is 0 Å². The molecule has 2 aromatic carbocycles. The van der Waals surface area contributed by atoms with Crippen molar-refractivity contribution in [1.82, 2.24) is 9.97 Å². The first-order chi connectivity index (χ1) is 12.0. The molecule has 2 heterocycles. The van der Waals surface area contributed by atoms with Crippen LogP contribution >= 0.6 is 11.8 Å². The van der Waals surface area contributed by atoms with E-state index in [9.17, 15) is 13.2 Å². The third-order valence-corrected chi connectivity index (χ3v) is 5.25. The molecule has 1 atom stereocenters. The van der Waals surface area contributed by atoms with Crippen LogP contribution in [-0.2, 0) is 6.18 Å². The first kappa shape index (κ1) is 16.2. The number of alkyl halides is 3. The number of para-hydroxylation sites is 1. The Morgan fingerprint density at radius 1 is 1.00 bits per heavy atom. The summed E-state index contributed by atoms with van der Waals surface area (Å²) in [5.74, 6) is 0.0147. The number of nitrogens with zero attached hydrogens (tertiary/aromatic N) is 2. The summed E-state index contributed by atoms with van der Waals surface area (Å²) in [7, 11) is 0. The third-order valence-electron chi connectivity index (χ3n) is 4.13. The number of nitrogens with one attached hydrogen (secondary N) is 1. The van der Waals surface area contributed by atoms with Crippen LogP contribution in [0.2, 0.25) is 0 Å². The van der Waals surface area contributed by atoms with Crippen molar-refractivity contribution in [3.63, 3.8) is 0 Å². The van der Waals surface area contributed by atoms with Gasteiger partial charge < -0.3 is 5.32 Å². The van der Waals surface area contributed by atoms with E-state index >= 15 is 0 Å². The minimum Gasteiger partial charge on any atom is -0.363 e. The van der Waals surface area contributed by atoms with Crippen molar-refractivity contribution in [3.8, 4) is 0 Å². The molecule has 1 aromatic heterocycles. The van der Waals surface area contributed by atoms with Crippen LogP contribution in [0, 0.1) is 0 Å². The maximum Gasteiger partial charge on any atom is 0.451 e. The molecule has 1 aliphatic rings. The molecule has 25 heavy (non-hydrogen) atoms. The van der Waals surface area contributed by atoms with E-state index in [-0.39, 0.29) is 17.4 Å². The van der Waals surface area contributed by atoms with Gasteiger partial charge in [-0.3, -0.25) is 0 Å². The van der Waals surface area contributed by atoms with E-state index in [4.69, 9.17) is 0 Å². The van der Waals surface area contributed by atoms with E-state index in [1.807, 2.05) is 24.3 Å². The Bertz CT molecular complexity index is 927. The fourth-order valence-corrected chi connectivity index (χ4v) is 4.10. The summed E-state index contributed by atoms with van der Waals surface area (Å²) in [5, 5.41) is 3.82. The Morgan fingerprint density at radius 3 is 2.60 bits per heavy atom. The lowest BCUT2D eigenvalue weighted by Crippen LogP contribution is -2.19. The molecule has 0 saturated carbocycles. The second kappa shape index (κ2) is 6.22. The number of rotatable bonds is 2. The summed E-state index contributed by atoms with van der Waals surface area (Å²) in [6, 6.07) is 14.6. The van der Waals surface area contributed by atoms with Crippen molar-refractivity contribution in [2.75, 3.05) is 11.1 Å². The predicted octanol–water partition coefficient (Wildman–Crippen LogP) is 5.30. The lowest BCUT2D eigenvalue weighted by atomic mass is 10.0. The number of thioether (sulfide) groups is 1. The third kappa shape index (κ3) is 3.16. The first-order valence-electron chi connectivity index (χ1n) is 7.84. The Hall–Kier alpha value is -2.28. The van der Waals surface area contributed by atoms with Crippen molar-refractivity contribution in [3.05, 3.63) is 59.9 Å². The number of hydrogen-bond acceptors (Lipinski definition) is 4. The van der Waals surface area contributed by atoms with Crippen molar-refractivity contribution in [1.29, 1.82) is 0 Å². The maximum atomic E-state index is 13.2. The minimum atomic E-state index is -4.58. The number of aromatic nitrogens is 2. The van der Waals surface area contributed by atoms with Gasteiger partial charge in [-0.1, -0.05) is 30.3 Å². The summed E-state index contributed by atoms with van der Waals surface area (Å²) in [4.78, 5) is 8.60. The van der Waals surface area contributed by atoms with Crippen LogP contribution < -0.4 is 5.32 Å². The molecule has 1 N–H and O–H groups in total. The van der Waals surface area contributed by atoms with Gasteiger partial charge in [0, 0.05) is 16.0 Å². The molecule has 3 nitrogen and oxygen atoms in total. The van der Waals surface area contributed by atoms with Gasteiger partial charge in [0.05, 0.1) is 11.6 Å². The summed E-state index contributed by atoms with van der Waals surface area (Å²) in [5.41, 5.74) is 1.38. The molecule has 4 rings (SSSR count). The SMILES string of the molecule is FC(F)(F)c1nc(N[C@H]2CCSc3ccccc32)c2ccccc2n1. The lowest BCUT2D eigenvalue weighted by Gasteiger charge is -2.27. The fraction of sp³-hybridized carbons (Fsp3) is 0.222. The molecule has 0 spiro atoms. The molecule has 0 fully saturated rings. The number of anilines is 1. The molecular weight excluding hydrogens is 347 g/mol. The largest absolute Gasteiger partial charge is 0.451 e. The monoisotopic (exact) mass is 361 g/mol. The molecule has 3 aromatic rings. The number of hydrogen-bond donors (Lipinski definition) is 1. The fourth-order valence-electron chi connectivity index (χ4n) is 2.97. The smallest absolute Gasteiger partial charge is 0.363 e. The van der Waals surface area contributed by atoms with Crippen molar-refractivity contribution in [2.24, 2.45) is 0 Å². The Labute approximate surface area is 146 Å². The van der Waals surface area contributed by atoms with Crippen LogP contribution in [0.25, 0.3) is 10.9 Å². The Morgan fingerprint density at radius 2 is 1.76 bits per heavy atom. The maximum absolute atomic E-state index is 13.2. The molecule has 7 heteroatoms. The molecule has 0 saturated heterocycles. The van der Waals surface area contributed by atoms with Crippen LogP contribution in [0.15, 0.2) is 53.4 Å². The number of benzene rings is 2. The van der Waals surface area contributed by atoms with Crippen LogP contribution in [0.4, 0.5) is 19.0 Å². The second-order valence-corrected chi connectivity index (χ2v) is 6.92. The van der Waals surface area contributed by atoms with Gasteiger partial charge in [0.2, 0.25) is 5.82 Å². The van der Waals surface area contributed by atoms with E-state index < -0.39 is 12.0 Å². The number of fused-ring (bicyclic) bond motifs is 2. The number of halogens is 3. The van der Waals surface area contributed by atoms with Crippen LogP contribution in [-0.4, -0.2) is 15.7 Å². The molecular formula is C18H14F3N3S. The summed E-state index contributed by atoms with van der Waals surface area (Å²) in [6.07, 6.45) is -3.76. The van der Waals surface area contributed by atoms with Gasteiger partial charge in [-0.2, -0.15) is 13.2 Å². The average molecular weight is 361 g/mol. The van der Waals surface area contributed by atoms with Crippen LogP contribution in [0.5, 0.6) is 0 Å². The molecule has 0 unspecified atom stereocenters. The topological polar surface area (TPSA) is 37.8 Å². The zero-order valence-electron chi connectivity index (χ0n) is 13.0. The predicted molar refractivity (Wildman–Crippen MR) is 92.7 cm³/mol. The van der Waals surface area contributed by atoms with Crippen molar-refractivity contribution < 1.29 is 13.2 Å². The molecule has 0 amide bonds. The van der Waals surface area contributed by atoms with E-state index in [1.54, 1.807) is 36.0 Å². The molecule has 0 aliphatic carbocycles. The van der Waals surface area contributed by atoms with Crippen molar-refractivity contribution in [2.45, 2.75) is 23.5 Å². The molecule has 1 aliphatic heterocycles. The van der Waals surface area contributed by atoms with E-state index in [0.29, 0.717) is 5.39 Å². The minimum absolute atomic E-state index is 0.0724. The average Bonchev–Trinajstić information content (AvgIpc) is 2.61. The molecule has 0 bridgehead atoms. The zero-order valence-corrected chi connectivity index (χ0v) is 13.9. The highest BCUT2D eigenvalue weighted by Crippen LogP contribution is 2.39. The Kier molecular flexibility index (Phi) is 4.03. The van der Waals surface area contributed by atoms with E-state index in [2.05, 4.69) is 15.3 Å². The summed E-state index contributed by atoms with van der Waals surface area (Å²) in [6.45, 7) is 0. The zero-order chi connectivity index (χ0) is 17.4.